The van der Waals surface area contributed by atoms with E-state index in [1.54, 1.807) is 19.0 Å². The molecule has 94 valence electrons. The Hall–Kier alpha value is -2.30. The van der Waals surface area contributed by atoms with Crippen molar-refractivity contribution in [3.8, 4) is 0 Å². The number of carbonyl (C=O) groups is 1. The first-order chi connectivity index (χ1) is 8.52. The van der Waals surface area contributed by atoms with Crippen LogP contribution in [0, 0.1) is 6.92 Å². The summed E-state index contributed by atoms with van der Waals surface area (Å²) in [5, 5.41) is 3.98. The van der Waals surface area contributed by atoms with Gasteiger partial charge in [0, 0.05) is 19.8 Å². The summed E-state index contributed by atoms with van der Waals surface area (Å²) in [5.41, 5.74) is 8.13. The van der Waals surface area contributed by atoms with Crippen LogP contribution in [0.25, 0.3) is 0 Å². The van der Waals surface area contributed by atoms with Crippen molar-refractivity contribution >= 4 is 17.4 Å². The minimum atomic E-state index is -0.157. The number of amides is 1. The summed E-state index contributed by atoms with van der Waals surface area (Å²) in [6, 6.07) is 7.71. The highest BCUT2D eigenvalue weighted by atomic mass is 16.2. The fraction of sp³-hybridized carbons (Fsp3) is 0.231. The third-order valence-electron chi connectivity index (χ3n) is 3.00. The van der Waals surface area contributed by atoms with Crippen molar-refractivity contribution in [2.45, 2.75) is 6.92 Å². The normalized spacial score (nSPS) is 10.4. The van der Waals surface area contributed by atoms with E-state index >= 15 is 0 Å². The molecule has 0 aliphatic heterocycles. The minimum absolute atomic E-state index is 0.157. The summed E-state index contributed by atoms with van der Waals surface area (Å²) in [6.45, 7) is 1.96. The number of benzene rings is 1. The molecule has 0 saturated carbocycles. The third-order valence-corrected chi connectivity index (χ3v) is 3.00. The van der Waals surface area contributed by atoms with Gasteiger partial charge in [-0.1, -0.05) is 18.2 Å². The van der Waals surface area contributed by atoms with Crippen LogP contribution < -0.4 is 10.6 Å². The van der Waals surface area contributed by atoms with Crippen LogP contribution in [0.4, 0.5) is 11.5 Å². The Kier molecular flexibility index (Phi) is 3.06. The SMILES string of the molecule is Cc1ccccc1N(C)C(=O)c1cnn(C)c1N. The molecule has 0 bridgehead atoms. The summed E-state index contributed by atoms with van der Waals surface area (Å²) < 4.78 is 1.49. The van der Waals surface area contributed by atoms with E-state index in [1.165, 1.54) is 10.9 Å². The molecule has 5 heteroatoms. The highest BCUT2D eigenvalue weighted by Crippen LogP contribution is 2.21. The molecule has 5 nitrogen and oxygen atoms in total. The summed E-state index contributed by atoms with van der Waals surface area (Å²) in [6.07, 6.45) is 1.49. The van der Waals surface area contributed by atoms with Crippen LogP contribution in [0.15, 0.2) is 30.5 Å². The first kappa shape index (κ1) is 12.2. The van der Waals surface area contributed by atoms with Crippen LogP contribution in [0.2, 0.25) is 0 Å². The molecule has 0 fully saturated rings. The Bertz CT molecular complexity index is 588. The van der Waals surface area contributed by atoms with Crippen molar-refractivity contribution < 1.29 is 4.79 Å². The predicted molar refractivity (Wildman–Crippen MR) is 71.5 cm³/mol. The molecule has 0 unspecified atom stereocenters. The van der Waals surface area contributed by atoms with Gasteiger partial charge in [-0.05, 0) is 18.6 Å². The van der Waals surface area contributed by atoms with Crippen molar-refractivity contribution in [3.63, 3.8) is 0 Å². The standard InChI is InChI=1S/C13H16N4O/c1-9-6-4-5-7-11(9)16(2)13(18)10-8-15-17(3)12(10)14/h4-8H,14H2,1-3H3. The molecule has 1 aromatic carbocycles. The van der Waals surface area contributed by atoms with Crippen molar-refractivity contribution in [2.24, 2.45) is 7.05 Å². The number of para-hydroxylation sites is 1. The van der Waals surface area contributed by atoms with Gasteiger partial charge in [0.2, 0.25) is 0 Å². The average molecular weight is 244 g/mol. The molecule has 1 aromatic heterocycles. The Morgan fingerprint density at radius 3 is 2.61 bits per heavy atom. The molecule has 0 aliphatic rings. The highest BCUT2D eigenvalue weighted by molar-refractivity contribution is 6.08. The molecule has 0 atom stereocenters. The molecule has 0 saturated heterocycles. The van der Waals surface area contributed by atoms with Gasteiger partial charge in [-0.2, -0.15) is 5.10 Å². The lowest BCUT2D eigenvalue weighted by Crippen LogP contribution is -2.27. The van der Waals surface area contributed by atoms with Gasteiger partial charge < -0.3 is 10.6 Å². The lowest BCUT2D eigenvalue weighted by Gasteiger charge is -2.19. The molecule has 18 heavy (non-hydrogen) atoms. The molecule has 0 spiro atoms. The summed E-state index contributed by atoms with van der Waals surface area (Å²) in [7, 11) is 3.44. The number of nitrogens with zero attached hydrogens (tertiary/aromatic N) is 3. The van der Waals surface area contributed by atoms with E-state index in [0.717, 1.165) is 11.3 Å². The van der Waals surface area contributed by atoms with Crippen LogP contribution in [0.3, 0.4) is 0 Å². The van der Waals surface area contributed by atoms with Crippen molar-refractivity contribution in [1.82, 2.24) is 9.78 Å². The number of nitrogen functional groups attached to an aromatic ring is 1. The van der Waals surface area contributed by atoms with Crippen molar-refractivity contribution in [2.75, 3.05) is 17.7 Å². The van der Waals surface area contributed by atoms with Crippen molar-refractivity contribution in [3.05, 3.63) is 41.6 Å². The van der Waals surface area contributed by atoms with Crippen LogP contribution in [0.5, 0.6) is 0 Å². The van der Waals surface area contributed by atoms with Crippen LogP contribution >= 0.6 is 0 Å². The van der Waals surface area contributed by atoms with Gasteiger partial charge in [0.05, 0.1) is 6.20 Å². The molecule has 1 amide bonds. The van der Waals surface area contributed by atoms with E-state index < -0.39 is 0 Å². The summed E-state index contributed by atoms with van der Waals surface area (Å²) in [5.74, 6) is 0.218. The quantitative estimate of drug-likeness (QED) is 0.872. The van der Waals surface area contributed by atoms with Crippen molar-refractivity contribution in [1.29, 1.82) is 0 Å². The number of nitrogens with two attached hydrogens (primary N) is 1. The molecule has 2 aromatic rings. The third kappa shape index (κ3) is 1.95. The zero-order valence-corrected chi connectivity index (χ0v) is 10.7. The second-order valence-corrected chi connectivity index (χ2v) is 4.22. The van der Waals surface area contributed by atoms with E-state index in [1.807, 2.05) is 31.2 Å². The van der Waals surface area contributed by atoms with Crippen LogP contribution in [0.1, 0.15) is 15.9 Å². The van der Waals surface area contributed by atoms with Gasteiger partial charge in [0.15, 0.2) is 0 Å². The Labute approximate surface area is 106 Å². The number of aromatic nitrogens is 2. The molecule has 0 radical (unpaired) electrons. The molecular weight excluding hydrogens is 228 g/mol. The number of hydrogen-bond acceptors (Lipinski definition) is 3. The fourth-order valence-corrected chi connectivity index (χ4v) is 1.84. The number of hydrogen-bond donors (Lipinski definition) is 1. The lowest BCUT2D eigenvalue weighted by molar-refractivity contribution is 0.0993. The topological polar surface area (TPSA) is 64.2 Å². The van der Waals surface area contributed by atoms with Crippen LogP contribution in [-0.2, 0) is 7.05 Å². The first-order valence-corrected chi connectivity index (χ1v) is 5.63. The zero-order chi connectivity index (χ0) is 13.3. The second-order valence-electron chi connectivity index (χ2n) is 4.22. The molecule has 2 N–H and O–H groups in total. The maximum Gasteiger partial charge on any atom is 0.263 e. The molecular formula is C13H16N4O. The molecule has 2 rings (SSSR count). The van der Waals surface area contributed by atoms with E-state index in [2.05, 4.69) is 5.10 Å². The number of rotatable bonds is 2. The maximum absolute atomic E-state index is 12.3. The van der Waals surface area contributed by atoms with E-state index in [0.29, 0.717) is 11.4 Å². The first-order valence-electron chi connectivity index (χ1n) is 5.63. The molecule has 1 heterocycles. The van der Waals surface area contributed by atoms with Gasteiger partial charge >= 0.3 is 0 Å². The fourth-order valence-electron chi connectivity index (χ4n) is 1.84. The average Bonchev–Trinajstić information content (AvgIpc) is 2.69. The van der Waals surface area contributed by atoms with E-state index in [4.69, 9.17) is 5.73 Å². The Morgan fingerprint density at radius 2 is 2.06 bits per heavy atom. The molecule has 0 aliphatic carbocycles. The smallest absolute Gasteiger partial charge is 0.263 e. The van der Waals surface area contributed by atoms with Gasteiger partial charge in [0.1, 0.15) is 11.4 Å². The number of anilines is 2. The number of aryl methyl sites for hydroxylation is 2. The van der Waals surface area contributed by atoms with Gasteiger partial charge in [-0.3, -0.25) is 9.48 Å². The minimum Gasteiger partial charge on any atom is -0.383 e. The highest BCUT2D eigenvalue weighted by Gasteiger charge is 2.19. The lowest BCUT2D eigenvalue weighted by atomic mass is 10.1. The second kappa shape index (κ2) is 4.52. The van der Waals surface area contributed by atoms with E-state index in [-0.39, 0.29) is 5.91 Å². The predicted octanol–water partition coefficient (Wildman–Crippen LogP) is 1.59. The van der Waals surface area contributed by atoms with Gasteiger partial charge in [-0.25, -0.2) is 0 Å². The Balaban J connectivity index is 2.35. The van der Waals surface area contributed by atoms with E-state index in [9.17, 15) is 4.79 Å². The summed E-state index contributed by atoms with van der Waals surface area (Å²) >= 11 is 0. The van der Waals surface area contributed by atoms with Gasteiger partial charge in [-0.15, -0.1) is 0 Å². The maximum atomic E-state index is 12.3. The monoisotopic (exact) mass is 244 g/mol. The largest absolute Gasteiger partial charge is 0.383 e. The summed E-state index contributed by atoms with van der Waals surface area (Å²) in [4.78, 5) is 13.9. The van der Waals surface area contributed by atoms with Crippen LogP contribution in [-0.4, -0.2) is 22.7 Å². The zero-order valence-electron chi connectivity index (χ0n) is 10.7. The van der Waals surface area contributed by atoms with Gasteiger partial charge in [0.25, 0.3) is 5.91 Å². The Morgan fingerprint density at radius 1 is 1.39 bits per heavy atom. The number of carbonyl (C=O) groups excluding carboxylic acids is 1.